The third kappa shape index (κ3) is 7.84. The summed E-state index contributed by atoms with van der Waals surface area (Å²) in [6, 6.07) is 7.61. The Morgan fingerprint density at radius 2 is 0.635 bits per heavy atom. The van der Waals surface area contributed by atoms with Crippen LogP contribution < -0.4 is 9.47 Å². The number of aryl methyl sites for hydroxylation is 4. The Labute approximate surface area is 285 Å². The van der Waals surface area contributed by atoms with Crippen LogP contribution in [0.2, 0.25) is 0 Å². The minimum Gasteiger partial charge on any atom is -0.442 e. The van der Waals surface area contributed by atoms with Gasteiger partial charge in [0.15, 0.2) is 0 Å². The summed E-state index contributed by atoms with van der Waals surface area (Å²) in [5.41, 5.74) is 0.678. The van der Waals surface area contributed by atoms with Gasteiger partial charge in [0.05, 0.1) is 11.1 Å². The second-order valence-electron chi connectivity index (χ2n) is 11.0. The molecule has 4 aromatic rings. The first-order valence-electron chi connectivity index (χ1n) is 14.3. The molecule has 0 aliphatic heterocycles. The van der Waals surface area contributed by atoms with Crippen LogP contribution in [0.4, 0.5) is 43.9 Å². The lowest BCUT2D eigenvalue weighted by Gasteiger charge is -2.25. The molecular weight excluding hydrogens is 726 g/mol. The first kappa shape index (κ1) is 38.9. The summed E-state index contributed by atoms with van der Waals surface area (Å²) in [6.45, 7) is 5.92. The van der Waals surface area contributed by atoms with E-state index < -0.39 is 117 Å². The number of hydrogen-bond acceptors (Lipinski definition) is 8. The average Bonchev–Trinajstić information content (AvgIpc) is 3.08. The van der Waals surface area contributed by atoms with Crippen LogP contribution in [0.1, 0.15) is 43.0 Å². The molecule has 4 aromatic carbocycles. The van der Waals surface area contributed by atoms with Crippen molar-refractivity contribution in [2.24, 2.45) is 0 Å². The molecule has 0 aliphatic rings. The van der Waals surface area contributed by atoms with Gasteiger partial charge in [-0.3, -0.25) is 0 Å². The topological polar surface area (TPSA) is 105 Å². The Morgan fingerprint density at radius 3 is 0.885 bits per heavy atom. The lowest BCUT2D eigenvalue weighted by molar-refractivity contribution is -0.164. The van der Waals surface area contributed by atoms with E-state index in [-0.39, 0.29) is 0 Å². The molecule has 2 unspecified atom stereocenters. The van der Waals surface area contributed by atoms with Crippen LogP contribution in [0.25, 0.3) is 0 Å². The minimum atomic E-state index is -3.23. The van der Waals surface area contributed by atoms with E-state index in [4.69, 9.17) is 9.47 Å². The molecule has 0 saturated carbocycles. The number of esters is 4. The first-order valence-corrected chi connectivity index (χ1v) is 14.3. The van der Waals surface area contributed by atoms with Gasteiger partial charge in [-0.15, -0.1) is 0 Å². The molecule has 4 rings (SSSR count). The summed E-state index contributed by atoms with van der Waals surface area (Å²) in [6.07, 6.45) is -6.46. The molecule has 0 aromatic heterocycles. The zero-order chi connectivity index (χ0) is 38.9. The van der Waals surface area contributed by atoms with Gasteiger partial charge in [-0.05, 0) is 52.0 Å². The van der Waals surface area contributed by atoms with E-state index in [0.29, 0.717) is 22.3 Å². The monoisotopic (exact) mass is 746 g/mol. The zero-order valence-electron chi connectivity index (χ0n) is 26.7. The van der Waals surface area contributed by atoms with Gasteiger partial charge in [-0.1, -0.05) is 34.4 Å². The number of benzene rings is 4. The van der Waals surface area contributed by atoms with Crippen molar-refractivity contribution < 1.29 is 82.0 Å². The van der Waals surface area contributed by atoms with Crippen LogP contribution in [0, 0.1) is 85.9 Å². The summed E-state index contributed by atoms with van der Waals surface area (Å²) in [7, 11) is 0. The Morgan fingerprint density at radius 1 is 0.404 bits per heavy atom. The van der Waals surface area contributed by atoms with Crippen molar-refractivity contribution in [3.8, 4) is 11.5 Å². The van der Waals surface area contributed by atoms with Gasteiger partial charge in [0.25, 0.3) is 0 Å². The minimum absolute atomic E-state index is 0.385. The van der Waals surface area contributed by atoms with Crippen molar-refractivity contribution >= 4 is 23.9 Å². The van der Waals surface area contributed by atoms with Gasteiger partial charge in [0, 0.05) is 0 Å². The fourth-order valence-corrected chi connectivity index (χ4v) is 4.68. The van der Waals surface area contributed by atoms with Crippen LogP contribution in [-0.4, -0.2) is 36.1 Å². The van der Waals surface area contributed by atoms with Gasteiger partial charge < -0.3 is 18.9 Å². The van der Waals surface area contributed by atoms with Gasteiger partial charge in [-0.2, -0.15) is 17.6 Å². The van der Waals surface area contributed by atoms with E-state index in [1.807, 2.05) is 0 Å². The smallest absolute Gasteiger partial charge is 0.357 e. The molecule has 8 nitrogen and oxygen atoms in total. The van der Waals surface area contributed by atoms with Crippen LogP contribution >= 0.6 is 0 Å². The van der Waals surface area contributed by atoms with Crippen molar-refractivity contribution in [3.05, 3.63) is 128 Å². The molecule has 274 valence electrons. The molecule has 0 fully saturated rings. The van der Waals surface area contributed by atoms with E-state index in [9.17, 15) is 63.1 Å². The average molecular weight is 747 g/mol. The van der Waals surface area contributed by atoms with Gasteiger partial charge in [0.2, 0.25) is 81.9 Å². The van der Waals surface area contributed by atoms with Gasteiger partial charge in [0.1, 0.15) is 0 Å². The quantitative estimate of drug-likeness (QED) is 0.0579. The summed E-state index contributed by atoms with van der Waals surface area (Å²) < 4.78 is 160. The molecule has 18 heteroatoms. The van der Waals surface area contributed by atoms with Gasteiger partial charge >= 0.3 is 23.9 Å². The highest BCUT2D eigenvalue weighted by molar-refractivity contribution is 5.97. The SMILES string of the molecule is Cc1cc(C)cc(C(=O)OC(C(=O)Oc2c(F)c(F)c(F)c(F)c2F)C(OC(=O)c2cc(C)cc(C)c2)C(=O)Oc2c(F)c(F)c(F)c(F)c2F)c1. The predicted octanol–water partition coefficient (Wildman–Crippen LogP) is 7.27. The molecule has 0 aliphatic carbocycles. The molecule has 0 heterocycles. The first-order chi connectivity index (χ1) is 24.2. The molecule has 0 N–H and O–H groups in total. The Hall–Kier alpha value is -5.94. The van der Waals surface area contributed by atoms with E-state index in [2.05, 4.69) is 9.47 Å². The second kappa shape index (κ2) is 15.1. The molecular formula is C34H20F10O8. The maximum absolute atomic E-state index is 14.5. The van der Waals surface area contributed by atoms with E-state index in [1.165, 1.54) is 27.7 Å². The van der Waals surface area contributed by atoms with Crippen LogP contribution in [0.3, 0.4) is 0 Å². The maximum atomic E-state index is 14.5. The second-order valence-corrected chi connectivity index (χ2v) is 11.0. The molecule has 2 atom stereocenters. The Kier molecular flexibility index (Phi) is 11.3. The fraction of sp³-hybridized carbons (Fsp3) is 0.176. The van der Waals surface area contributed by atoms with E-state index in [1.54, 1.807) is 12.1 Å². The summed E-state index contributed by atoms with van der Waals surface area (Å²) in [5.74, 6) is -39.7. The number of hydrogen-bond donors (Lipinski definition) is 0. The highest BCUT2D eigenvalue weighted by Crippen LogP contribution is 2.32. The highest BCUT2D eigenvalue weighted by atomic mass is 19.2. The van der Waals surface area contributed by atoms with Crippen LogP contribution in [0.5, 0.6) is 11.5 Å². The molecule has 52 heavy (non-hydrogen) atoms. The summed E-state index contributed by atoms with van der Waals surface area (Å²) in [5, 5.41) is 0. The number of carbonyl (C=O) groups excluding carboxylic acids is 4. The third-order valence-corrected chi connectivity index (χ3v) is 6.87. The van der Waals surface area contributed by atoms with Crippen LogP contribution in [-0.2, 0) is 19.1 Å². The number of ether oxygens (including phenoxy) is 4. The third-order valence-electron chi connectivity index (χ3n) is 6.87. The van der Waals surface area contributed by atoms with Crippen molar-refractivity contribution in [1.82, 2.24) is 0 Å². The van der Waals surface area contributed by atoms with E-state index >= 15 is 0 Å². The van der Waals surface area contributed by atoms with Crippen molar-refractivity contribution in [3.63, 3.8) is 0 Å². The summed E-state index contributed by atoms with van der Waals surface area (Å²) in [4.78, 5) is 53.4. The largest absolute Gasteiger partial charge is 0.442 e. The van der Waals surface area contributed by atoms with Crippen molar-refractivity contribution in [1.29, 1.82) is 0 Å². The van der Waals surface area contributed by atoms with Gasteiger partial charge in [-0.25, -0.2) is 45.5 Å². The Bertz CT molecular complexity index is 1900. The zero-order valence-corrected chi connectivity index (χ0v) is 26.7. The standard InChI is InChI=1S/C34H20F10O8/c1-11-5-12(2)8-15(7-11)31(45)51-29(33(47)49-27-23(41)19(37)17(35)20(38)24(27)42)30(52-32(46)16-9-13(3)6-14(4)10-16)34(48)50-28-25(43)21(39)18(36)22(40)26(28)44/h5-10,29-30H,1-4H3. The lowest BCUT2D eigenvalue weighted by Crippen LogP contribution is -2.49. The maximum Gasteiger partial charge on any atom is 0.357 e. The fourth-order valence-electron chi connectivity index (χ4n) is 4.68. The molecule has 0 bridgehead atoms. The Balaban J connectivity index is 1.91. The van der Waals surface area contributed by atoms with Crippen molar-refractivity contribution in [2.75, 3.05) is 0 Å². The summed E-state index contributed by atoms with van der Waals surface area (Å²) >= 11 is 0. The number of halogens is 10. The normalized spacial score (nSPS) is 12.2. The highest BCUT2D eigenvalue weighted by Gasteiger charge is 2.46. The lowest BCUT2D eigenvalue weighted by atomic mass is 10.1. The molecule has 0 amide bonds. The van der Waals surface area contributed by atoms with E-state index in [0.717, 1.165) is 24.3 Å². The van der Waals surface area contributed by atoms with Crippen LogP contribution in [0.15, 0.2) is 36.4 Å². The predicted molar refractivity (Wildman–Crippen MR) is 154 cm³/mol. The number of carbonyl (C=O) groups is 4. The molecule has 0 saturated heterocycles. The number of rotatable bonds is 9. The molecule has 0 spiro atoms. The molecule has 0 radical (unpaired) electrons. The van der Waals surface area contributed by atoms with Crippen molar-refractivity contribution in [2.45, 2.75) is 39.9 Å².